The lowest BCUT2D eigenvalue weighted by atomic mass is 10.2. The van der Waals surface area contributed by atoms with Crippen LogP contribution >= 0.6 is 11.6 Å². The van der Waals surface area contributed by atoms with Crippen molar-refractivity contribution in [3.8, 4) is 0 Å². The minimum absolute atomic E-state index is 0.0286. The molecular weight excluding hydrogens is 415 g/mol. The van der Waals surface area contributed by atoms with Crippen molar-refractivity contribution in [2.24, 2.45) is 0 Å². The molecule has 3 aromatic carbocycles. The van der Waals surface area contributed by atoms with Crippen LogP contribution in [-0.2, 0) is 16.6 Å². The van der Waals surface area contributed by atoms with E-state index in [0.717, 1.165) is 5.56 Å². The number of amides is 1. The highest BCUT2D eigenvalue weighted by Crippen LogP contribution is 2.23. The van der Waals surface area contributed by atoms with E-state index >= 15 is 0 Å². The summed E-state index contributed by atoms with van der Waals surface area (Å²) in [6.07, 6.45) is 0. The first-order chi connectivity index (χ1) is 13.7. The third-order valence-corrected chi connectivity index (χ3v) is 5.84. The standard InChI is InChI=1S/C21H18ClFN2O3S/c1-14-3-2-4-17(11-14)25-29(27,28)18-9-10-20(22)19(12-18)21(26)24-13-15-5-7-16(23)8-6-15/h2-12,25H,13H2,1H3,(H,24,26). The van der Waals surface area contributed by atoms with Crippen molar-refractivity contribution in [3.05, 3.63) is 94.3 Å². The van der Waals surface area contributed by atoms with E-state index in [2.05, 4.69) is 10.0 Å². The Morgan fingerprint density at radius 1 is 1.03 bits per heavy atom. The van der Waals surface area contributed by atoms with Crippen molar-refractivity contribution in [2.45, 2.75) is 18.4 Å². The van der Waals surface area contributed by atoms with Gasteiger partial charge in [0.1, 0.15) is 5.82 Å². The van der Waals surface area contributed by atoms with Gasteiger partial charge in [-0.1, -0.05) is 35.9 Å². The van der Waals surface area contributed by atoms with Crippen molar-refractivity contribution < 1.29 is 17.6 Å². The van der Waals surface area contributed by atoms with E-state index in [1.807, 2.05) is 13.0 Å². The Morgan fingerprint density at radius 2 is 1.76 bits per heavy atom. The highest BCUT2D eigenvalue weighted by Gasteiger charge is 2.19. The van der Waals surface area contributed by atoms with Gasteiger partial charge in [-0.15, -0.1) is 0 Å². The van der Waals surface area contributed by atoms with E-state index in [4.69, 9.17) is 11.6 Å². The molecule has 0 aliphatic heterocycles. The fraction of sp³-hybridized carbons (Fsp3) is 0.0952. The molecule has 0 bridgehead atoms. The molecule has 0 radical (unpaired) electrons. The monoisotopic (exact) mass is 432 g/mol. The first-order valence-corrected chi connectivity index (χ1v) is 10.5. The van der Waals surface area contributed by atoms with E-state index in [-0.39, 0.29) is 27.8 Å². The van der Waals surface area contributed by atoms with Crippen LogP contribution in [0.15, 0.2) is 71.6 Å². The van der Waals surface area contributed by atoms with Crippen LogP contribution in [-0.4, -0.2) is 14.3 Å². The Balaban J connectivity index is 1.79. The second kappa shape index (κ2) is 8.63. The van der Waals surface area contributed by atoms with E-state index in [1.54, 1.807) is 30.3 Å². The molecule has 3 aromatic rings. The second-order valence-electron chi connectivity index (χ2n) is 6.43. The normalized spacial score (nSPS) is 11.1. The maximum Gasteiger partial charge on any atom is 0.261 e. The first kappa shape index (κ1) is 20.8. The van der Waals surface area contributed by atoms with Gasteiger partial charge in [-0.2, -0.15) is 0 Å². The summed E-state index contributed by atoms with van der Waals surface area (Å²) >= 11 is 6.10. The molecule has 0 atom stereocenters. The molecule has 3 rings (SSSR count). The zero-order valence-corrected chi connectivity index (χ0v) is 17.0. The number of hydrogen-bond donors (Lipinski definition) is 2. The molecule has 1 amide bonds. The summed E-state index contributed by atoms with van der Waals surface area (Å²) in [6.45, 7) is 2.00. The number of rotatable bonds is 6. The zero-order chi connectivity index (χ0) is 21.0. The second-order valence-corrected chi connectivity index (χ2v) is 8.52. The molecule has 0 saturated carbocycles. The maximum absolute atomic E-state index is 13.0. The van der Waals surface area contributed by atoms with Crippen LogP contribution < -0.4 is 10.0 Å². The van der Waals surface area contributed by atoms with Gasteiger partial charge in [0.2, 0.25) is 0 Å². The fourth-order valence-corrected chi connectivity index (χ4v) is 3.93. The van der Waals surface area contributed by atoms with Crippen molar-refractivity contribution in [2.75, 3.05) is 4.72 Å². The number of hydrogen-bond acceptors (Lipinski definition) is 3. The van der Waals surface area contributed by atoms with Crippen LogP contribution in [0.1, 0.15) is 21.5 Å². The molecule has 0 fully saturated rings. The molecule has 0 unspecified atom stereocenters. The maximum atomic E-state index is 13.0. The van der Waals surface area contributed by atoms with Gasteiger partial charge < -0.3 is 5.32 Å². The van der Waals surface area contributed by atoms with Crippen LogP contribution in [0.25, 0.3) is 0 Å². The lowest BCUT2D eigenvalue weighted by Crippen LogP contribution is -2.23. The van der Waals surface area contributed by atoms with E-state index in [0.29, 0.717) is 11.3 Å². The highest BCUT2D eigenvalue weighted by atomic mass is 35.5. The van der Waals surface area contributed by atoms with Crippen molar-refractivity contribution in [1.29, 1.82) is 0 Å². The summed E-state index contributed by atoms with van der Waals surface area (Å²) in [5.41, 5.74) is 2.05. The minimum Gasteiger partial charge on any atom is -0.348 e. The molecule has 0 aliphatic carbocycles. The molecular formula is C21H18ClFN2O3S. The lowest BCUT2D eigenvalue weighted by molar-refractivity contribution is 0.0951. The Morgan fingerprint density at radius 3 is 2.45 bits per heavy atom. The molecule has 0 saturated heterocycles. The number of halogens is 2. The number of aryl methyl sites for hydroxylation is 1. The average molecular weight is 433 g/mol. The molecule has 29 heavy (non-hydrogen) atoms. The molecule has 0 spiro atoms. The first-order valence-electron chi connectivity index (χ1n) is 8.66. The Bertz CT molecular complexity index is 1150. The fourth-order valence-electron chi connectivity index (χ4n) is 2.65. The van der Waals surface area contributed by atoms with Crippen LogP contribution in [0.4, 0.5) is 10.1 Å². The average Bonchev–Trinajstić information content (AvgIpc) is 2.67. The number of nitrogens with one attached hydrogen (secondary N) is 2. The number of sulfonamides is 1. The summed E-state index contributed by atoms with van der Waals surface area (Å²) in [4.78, 5) is 12.4. The van der Waals surface area contributed by atoms with Crippen LogP contribution in [0.3, 0.4) is 0 Å². The third-order valence-electron chi connectivity index (χ3n) is 4.13. The summed E-state index contributed by atoms with van der Waals surface area (Å²) in [5, 5.41) is 2.77. The minimum atomic E-state index is -3.91. The Hall–Kier alpha value is -2.90. The number of carbonyl (C=O) groups excluding carboxylic acids is 1. The van der Waals surface area contributed by atoms with Crippen molar-refractivity contribution in [3.63, 3.8) is 0 Å². The largest absolute Gasteiger partial charge is 0.348 e. The van der Waals surface area contributed by atoms with Crippen LogP contribution in [0.2, 0.25) is 5.02 Å². The van der Waals surface area contributed by atoms with Crippen LogP contribution in [0, 0.1) is 12.7 Å². The predicted octanol–water partition coefficient (Wildman–Crippen LogP) is 4.52. The van der Waals surface area contributed by atoms with Gasteiger partial charge in [0.05, 0.1) is 15.5 Å². The van der Waals surface area contributed by atoms with E-state index < -0.39 is 15.9 Å². The molecule has 0 aromatic heterocycles. The molecule has 8 heteroatoms. The molecule has 150 valence electrons. The predicted molar refractivity (Wildman–Crippen MR) is 111 cm³/mol. The highest BCUT2D eigenvalue weighted by molar-refractivity contribution is 7.92. The van der Waals surface area contributed by atoms with Gasteiger partial charge in [-0.3, -0.25) is 9.52 Å². The van der Waals surface area contributed by atoms with Gasteiger partial charge >= 0.3 is 0 Å². The van der Waals surface area contributed by atoms with Crippen LogP contribution in [0.5, 0.6) is 0 Å². The third kappa shape index (κ3) is 5.34. The quantitative estimate of drug-likeness (QED) is 0.601. The summed E-state index contributed by atoms with van der Waals surface area (Å²) < 4.78 is 40.8. The topological polar surface area (TPSA) is 75.3 Å². The summed E-state index contributed by atoms with van der Waals surface area (Å²) in [6, 6.07) is 16.5. The summed E-state index contributed by atoms with van der Waals surface area (Å²) in [7, 11) is -3.91. The summed E-state index contributed by atoms with van der Waals surface area (Å²) in [5.74, 6) is -0.908. The Labute approximate surface area is 173 Å². The van der Waals surface area contributed by atoms with Gasteiger partial charge in [0.25, 0.3) is 15.9 Å². The van der Waals surface area contributed by atoms with Crippen molar-refractivity contribution in [1.82, 2.24) is 5.32 Å². The van der Waals surface area contributed by atoms with Gasteiger partial charge in [-0.25, -0.2) is 12.8 Å². The zero-order valence-electron chi connectivity index (χ0n) is 15.4. The molecule has 2 N–H and O–H groups in total. The molecule has 5 nitrogen and oxygen atoms in total. The SMILES string of the molecule is Cc1cccc(NS(=O)(=O)c2ccc(Cl)c(C(=O)NCc3ccc(F)cc3)c2)c1. The van der Waals surface area contributed by atoms with E-state index in [9.17, 15) is 17.6 Å². The van der Waals surface area contributed by atoms with Gasteiger partial charge in [0, 0.05) is 12.2 Å². The molecule has 0 aliphatic rings. The van der Waals surface area contributed by atoms with Crippen molar-refractivity contribution >= 4 is 33.2 Å². The van der Waals surface area contributed by atoms with Gasteiger partial charge in [0.15, 0.2) is 0 Å². The number of benzene rings is 3. The lowest BCUT2D eigenvalue weighted by Gasteiger charge is -2.11. The van der Waals surface area contributed by atoms with E-state index in [1.165, 1.54) is 30.3 Å². The molecule has 0 heterocycles. The number of carbonyl (C=O) groups is 1. The smallest absolute Gasteiger partial charge is 0.261 e. The Kier molecular flexibility index (Phi) is 6.20. The van der Waals surface area contributed by atoms with Gasteiger partial charge in [-0.05, 0) is 60.5 Å². The number of anilines is 1.